The molecule has 0 aliphatic carbocycles. The third-order valence-electron chi connectivity index (χ3n) is 2.06. The minimum atomic E-state index is 0.783. The molecule has 0 saturated carbocycles. The maximum absolute atomic E-state index is 5.88. The number of aromatic nitrogens is 1. The molecular formula is C10H9ClN. The summed E-state index contributed by atoms with van der Waals surface area (Å²) in [6, 6.07) is 5.89. The van der Waals surface area contributed by atoms with Gasteiger partial charge in [0.1, 0.15) is 0 Å². The summed E-state index contributed by atoms with van der Waals surface area (Å²) < 4.78 is 1.99. The third-order valence-corrected chi connectivity index (χ3v) is 2.29. The molecule has 1 aromatic carbocycles. The van der Waals surface area contributed by atoms with Crippen molar-refractivity contribution < 1.29 is 0 Å². The summed E-state index contributed by atoms with van der Waals surface area (Å²) in [6.07, 6.45) is 3.20. The molecule has 0 bridgehead atoms. The van der Waals surface area contributed by atoms with Crippen molar-refractivity contribution in [1.82, 2.24) is 4.57 Å². The van der Waals surface area contributed by atoms with Crippen LogP contribution in [0.1, 0.15) is 5.56 Å². The molecule has 1 nitrogen and oxygen atoms in total. The van der Waals surface area contributed by atoms with Crippen molar-refractivity contribution in [3.8, 4) is 0 Å². The summed E-state index contributed by atoms with van der Waals surface area (Å²) in [5.41, 5.74) is 2.33. The molecule has 1 radical (unpaired) electrons. The van der Waals surface area contributed by atoms with Gasteiger partial charge in [-0.1, -0.05) is 11.6 Å². The fourth-order valence-electron chi connectivity index (χ4n) is 1.47. The van der Waals surface area contributed by atoms with Gasteiger partial charge in [0.15, 0.2) is 0 Å². The van der Waals surface area contributed by atoms with Crippen LogP contribution in [0.5, 0.6) is 0 Å². The summed E-state index contributed by atoms with van der Waals surface area (Å²) in [6.45, 7) is 2.04. The lowest BCUT2D eigenvalue weighted by molar-refractivity contribution is 0.954. The maximum Gasteiger partial charge on any atom is 0.0689 e. The van der Waals surface area contributed by atoms with Gasteiger partial charge < -0.3 is 4.57 Å². The minimum absolute atomic E-state index is 0.783. The average Bonchev–Trinajstić information content (AvgIpc) is 2.28. The van der Waals surface area contributed by atoms with E-state index in [1.165, 1.54) is 10.9 Å². The number of nitrogens with zero attached hydrogens (tertiary/aromatic N) is 1. The number of hydrogen-bond acceptors (Lipinski definition) is 0. The van der Waals surface area contributed by atoms with Crippen molar-refractivity contribution in [3.63, 3.8) is 0 Å². The molecule has 0 aliphatic heterocycles. The SMILES string of the molecule is Cc1[c]n(C)c2ccc(Cl)cc12. The molecule has 0 atom stereocenters. The lowest BCUT2D eigenvalue weighted by Crippen LogP contribution is -1.82. The predicted molar refractivity (Wildman–Crippen MR) is 51.5 cm³/mol. The van der Waals surface area contributed by atoms with Gasteiger partial charge in [-0.05, 0) is 30.7 Å². The Bertz CT molecular complexity index is 429. The van der Waals surface area contributed by atoms with Gasteiger partial charge in [0.25, 0.3) is 0 Å². The quantitative estimate of drug-likeness (QED) is 0.585. The Morgan fingerprint density at radius 3 is 2.92 bits per heavy atom. The predicted octanol–water partition coefficient (Wildman–Crippen LogP) is 2.94. The lowest BCUT2D eigenvalue weighted by Gasteiger charge is -1.95. The molecule has 0 saturated heterocycles. The van der Waals surface area contributed by atoms with Gasteiger partial charge in [0.2, 0.25) is 0 Å². The van der Waals surface area contributed by atoms with Gasteiger partial charge in [-0.3, -0.25) is 0 Å². The van der Waals surface area contributed by atoms with Crippen LogP contribution in [0, 0.1) is 13.1 Å². The van der Waals surface area contributed by atoms with Crippen LogP contribution in [0.4, 0.5) is 0 Å². The first kappa shape index (κ1) is 7.69. The van der Waals surface area contributed by atoms with E-state index in [-0.39, 0.29) is 0 Å². The number of halogens is 1. The van der Waals surface area contributed by atoms with E-state index in [2.05, 4.69) is 6.20 Å². The second-order valence-corrected chi connectivity index (χ2v) is 3.39. The Morgan fingerprint density at radius 1 is 1.42 bits per heavy atom. The first-order valence-electron chi connectivity index (χ1n) is 3.82. The third kappa shape index (κ3) is 1.01. The van der Waals surface area contributed by atoms with Crippen LogP contribution in [0.15, 0.2) is 18.2 Å². The van der Waals surface area contributed by atoms with E-state index in [0.717, 1.165) is 10.6 Å². The summed E-state index contributed by atoms with van der Waals surface area (Å²) in [5, 5.41) is 1.97. The summed E-state index contributed by atoms with van der Waals surface area (Å²) in [4.78, 5) is 0. The zero-order chi connectivity index (χ0) is 8.72. The van der Waals surface area contributed by atoms with Gasteiger partial charge >= 0.3 is 0 Å². The molecule has 0 spiro atoms. The van der Waals surface area contributed by atoms with E-state index in [9.17, 15) is 0 Å². The molecule has 0 unspecified atom stereocenters. The Hall–Kier alpha value is -0.950. The Labute approximate surface area is 76.6 Å². The highest BCUT2D eigenvalue weighted by Crippen LogP contribution is 2.22. The first-order valence-corrected chi connectivity index (χ1v) is 4.20. The summed E-state index contributed by atoms with van der Waals surface area (Å²) >= 11 is 5.88. The van der Waals surface area contributed by atoms with Crippen molar-refractivity contribution in [1.29, 1.82) is 0 Å². The molecule has 1 heterocycles. The fraction of sp³-hybridized carbons (Fsp3) is 0.200. The van der Waals surface area contributed by atoms with Crippen molar-refractivity contribution in [2.45, 2.75) is 6.92 Å². The molecular weight excluding hydrogens is 170 g/mol. The summed E-state index contributed by atoms with van der Waals surface area (Å²) in [7, 11) is 1.99. The number of rotatable bonds is 0. The molecule has 61 valence electrons. The topological polar surface area (TPSA) is 4.93 Å². The van der Waals surface area contributed by atoms with Crippen LogP contribution >= 0.6 is 11.6 Å². The van der Waals surface area contributed by atoms with Crippen molar-refractivity contribution in [2.24, 2.45) is 7.05 Å². The normalized spacial score (nSPS) is 10.9. The molecule has 2 heteroatoms. The van der Waals surface area contributed by atoms with E-state index in [1.807, 2.05) is 36.7 Å². The van der Waals surface area contributed by atoms with Crippen LogP contribution in [0.3, 0.4) is 0 Å². The van der Waals surface area contributed by atoms with Crippen molar-refractivity contribution in [3.05, 3.63) is 35.0 Å². The summed E-state index contributed by atoms with van der Waals surface area (Å²) in [5.74, 6) is 0. The molecule has 1 aromatic heterocycles. The zero-order valence-electron chi connectivity index (χ0n) is 7.06. The van der Waals surface area contributed by atoms with Gasteiger partial charge in [-0.2, -0.15) is 0 Å². The molecule has 0 aliphatic rings. The van der Waals surface area contributed by atoms with Gasteiger partial charge in [-0.25, -0.2) is 0 Å². The lowest BCUT2D eigenvalue weighted by atomic mass is 10.2. The van der Waals surface area contributed by atoms with Gasteiger partial charge in [0.05, 0.1) is 6.20 Å². The fourth-order valence-corrected chi connectivity index (χ4v) is 1.65. The standard InChI is InChI=1S/C10H9ClN/c1-7-6-12(2)10-4-3-8(11)5-9(7)10/h3-5H,1-2H3. The largest absolute Gasteiger partial charge is 0.342 e. The first-order chi connectivity index (χ1) is 5.68. The smallest absolute Gasteiger partial charge is 0.0689 e. The zero-order valence-corrected chi connectivity index (χ0v) is 7.81. The van der Waals surface area contributed by atoms with Crippen LogP contribution in [-0.4, -0.2) is 4.57 Å². The molecule has 12 heavy (non-hydrogen) atoms. The molecule has 0 fully saturated rings. The second-order valence-electron chi connectivity index (χ2n) is 2.96. The molecule has 2 rings (SSSR count). The Kier molecular flexibility index (Phi) is 1.62. The molecule has 2 aromatic rings. The number of benzene rings is 1. The van der Waals surface area contributed by atoms with Crippen molar-refractivity contribution >= 4 is 22.5 Å². The number of aryl methyl sites for hydroxylation is 2. The van der Waals surface area contributed by atoms with Crippen LogP contribution in [0.2, 0.25) is 5.02 Å². The van der Waals surface area contributed by atoms with Crippen LogP contribution < -0.4 is 0 Å². The minimum Gasteiger partial charge on any atom is -0.342 e. The highest BCUT2D eigenvalue weighted by molar-refractivity contribution is 6.31. The maximum atomic E-state index is 5.88. The van der Waals surface area contributed by atoms with E-state index in [0.29, 0.717) is 0 Å². The average molecular weight is 179 g/mol. The van der Waals surface area contributed by atoms with E-state index in [4.69, 9.17) is 11.6 Å². The van der Waals surface area contributed by atoms with E-state index >= 15 is 0 Å². The highest BCUT2D eigenvalue weighted by Gasteiger charge is 2.02. The Balaban J connectivity index is 2.90. The number of hydrogen-bond donors (Lipinski definition) is 0. The number of fused-ring (bicyclic) bond motifs is 1. The monoisotopic (exact) mass is 178 g/mol. The van der Waals surface area contributed by atoms with Gasteiger partial charge in [-0.15, -0.1) is 0 Å². The molecule has 0 amide bonds. The van der Waals surface area contributed by atoms with Crippen molar-refractivity contribution in [2.75, 3.05) is 0 Å². The Morgan fingerprint density at radius 2 is 2.17 bits per heavy atom. The van der Waals surface area contributed by atoms with E-state index < -0.39 is 0 Å². The van der Waals surface area contributed by atoms with Crippen LogP contribution in [0.25, 0.3) is 10.9 Å². The molecule has 0 N–H and O–H groups in total. The second kappa shape index (κ2) is 2.53. The van der Waals surface area contributed by atoms with Crippen LogP contribution in [-0.2, 0) is 7.05 Å². The highest BCUT2D eigenvalue weighted by atomic mass is 35.5. The van der Waals surface area contributed by atoms with Gasteiger partial charge in [0, 0.05) is 23.0 Å². The van der Waals surface area contributed by atoms with E-state index in [1.54, 1.807) is 0 Å².